The largest absolute Gasteiger partial charge is 0.301 e. The third kappa shape index (κ3) is 5.71. The summed E-state index contributed by atoms with van der Waals surface area (Å²) in [5, 5.41) is 3.58. The lowest BCUT2D eigenvalue weighted by Crippen LogP contribution is -2.54. The molecule has 11 heteroatoms. The summed E-state index contributed by atoms with van der Waals surface area (Å²) >= 11 is 1.36. The summed E-state index contributed by atoms with van der Waals surface area (Å²) in [6.45, 7) is 1.78. The molecule has 224 valence electrons. The third-order valence-corrected chi connectivity index (χ3v) is 12.3. The Morgan fingerprint density at radius 1 is 1.02 bits per heavy atom. The molecule has 0 bridgehead atoms. The first-order valence-corrected chi connectivity index (χ1v) is 17.4. The number of likely N-dealkylation sites (N-methyl/N-ethyl adjacent to an activating group) is 1. The maximum absolute atomic E-state index is 13.8. The molecule has 1 aliphatic heterocycles. The van der Waals surface area contributed by atoms with E-state index in [1.165, 1.54) is 24.2 Å². The van der Waals surface area contributed by atoms with Gasteiger partial charge in [-0.05, 0) is 74.2 Å². The molecule has 1 aromatic carbocycles. The van der Waals surface area contributed by atoms with Gasteiger partial charge >= 0.3 is 0 Å². The molecule has 3 aliphatic rings. The number of hydrogen-bond acceptors (Lipinski definition) is 8. The molecule has 1 saturated heterocycles. The van der Waals surface area contributed by atoms with E-state index < -0.39 is 15.9 Å². The van der Waals surface area contributed by atoms with E-state index >= 15 is 0 Å². The number of sulfonamides is 1. The van der Waals surface area contributed by atoms with Crippen LogP contribution in [0.25, 0.3) is 21.6 Å². The highest BCUT2D eigenvalue weighted by molar-refractivity contribution is 7.89. The van der Waals surface area contributed by atoms with E-state index in [0.717, 1.165) is 65.8 Å². The SMILES string of the molecule is CN1CCN(S(=O)(=O)c2ccc(C(CC3CCCC3)C(=O)Nc3nc4ccc(-c5ccncc5)nc4s3)cc2)CC12CC2. The van der Waals surface area contributed by atoms with Crippen molar-refractivity contribution in [3.05, 3.63) is 66.5 Å². The lowest BCUT2D eigenvalue weighted by molar-refractivity contribution is -0.118. The van der Waals surface area contributed by atoms with Crippen molar-refractivity contribution in [1.29, 1.82) is 0 Å². The van der Waals surface area contributed by atoms with Crippen molar-refractivity contribution >= 4 is 42.7 Å². The van der Waals surface area contributed by atoms with Gasteiger partial charge in [-0.25, -0.2) is 18.4 Å². The molecule has 2 saturated carbocycles. The zero-order valence-corrected chi connectivity index (χ0v) is 25.9. The minimum atomic E-state index is -3.60. The summed E-state index contributed by atoms with van der Waals surface area (Å²) in [4.78, 5) is 30.6. The van der Waals surface area contributed by atoms with Crippen molar-refractivity contribution in [2.45, 2.75) is 61.3 Å². The Morgan fingerprint density at radius 2 is 1.77 bits per heavy atom. The quantitative estimate of drug-likeness (QED) is 0.278. The van der Waals surface area contributed by atoms with Gasteiger partial charge in [0.15, 0.2) is 5.13 Å². The number of fused-ring (bicyclic) bond motifs is 1. The first-order valence-electron chi connectivity index (χ1n) is 15.1. The molecule has 7 rings (SSSR count). The second-order valence-corrected chi connectivity index (χ2v) is 15.2. The Hall–Kier alpha value is -3.25. The number of carbonyl (C=O) groups excluding carboxylic acids is 1. The normalized spacial score (nSPS) is 20.0. The molecule has 1 spiro atoms. The zero-order valence-electron chi connectivity index (χ0n) is 24.3. The lowest BCUT2D eigenvalue weighted by Gasteiger charge is -2.39. The Kier molecular flexibility index (Phi) is 7.53. The molecule has 3 aromatic heterocycles. The Bertz CT molecular complexity index is 1730. The molecule has 1 atom stereocenters. The van der Waals surface area contributed by atoms with Gasteiger partial charge in [0.2, 0.25) is 15.9 Å². The van der Waals surface area contributed by atoms with E-state index in [2.05, 4.69) is 27.2 Å². The van der Waals surface area contributed by atoms with E-state index in [4.69, 9.17) is 4.98 Å². The summed E-state index contributed by atoms with van der Waals surface area (Å²) in [7, 11) is -1.51. The van der Waals surface area contributed by atoms with Crippen molar-refractivity contribution in [2.75, 3.05) is 32.0 Å². The predicted molar refractivity (Wildman–Crippen MR) is 168 cm³/mol. The highest BCUT2D eigenvalue weighted by Gasteiger charge is 2.51. The maximum Gasteiger partial charge on any atom is 0.243 e. The van der Waals surface area contributed by atoms with Crippen LogP contribution in [0.4, 0.5) is 5.13 Å². The van der Waals surface area contributed by atoms with E-state index in [1.807, 2.05) is 36.4 Å². The minimum absolute atomic E-state index is 0.00642. The van der Waals surface area contributed by atoms with E-state index in [-0.39, 0.29) is 11.4 Å². The van der Waals surface area contributed by atoms with Crippen LogP contribution >= 0.6 is 11.3 Å². The van der Waals surface area contributed by atoms with Gasteiger partial charge in [-0.3, -0.25) is 14.7 Å². The highest BCUT2D eigenvalue weighted by atomic mass is 32.2. The molecule has 0 radical (unpaired) electrons. The van der Waals surface area contributed by atoms with Gasteiger partial charge < -0.3 is 5.32 Å². The van der Waals surface area contributed by atoms with Gasteiger partial charge in [0.05, 0.1) is 16.5 Å². The average molecular weight is 617 g/mol. The molecule has 1 unspecified atom stereocenters. The molecular formula is C32H36N6O3S2. The molecule has 43 heavy (non-hydrogen) atoms. The van der Waals surface area contributed by atoms with Crippen LogP contribution in [0.2, 0.25) is 0 Å². The van der Waals surface area contributed by atoms with Gasteiger partial charge in [-0.2, -0.15) is 4.31 Å². The fourth-order valence-corrected chi connectivity index (χ4v) is 9.01. The molecule has 3 fully saturated rings. The van der Waals surface area contributed by atoms with E-state index in [1.54, 1.807) is 28.8 Å². The number of rotatable bonds is 8. The van der Waals surface area contributed by atoms with Gasteiger partial charge in [0.1, 0.15) is 10.3 Å². The number of piperazine rings is 1. The molecule has 1 N–H and O–H groups in total. The average Bonchev–Trinajstić information content (AvgIpc) is 3.40. The van der Waals surface area contributed by atoms with Crippen LogP contribution in [0.5, 0.6) is 0 Å². The number of nitrogens with one attached hydrogen (secondary N) is 1. The molecule has 4 aromatic rings. The summed E-state index contributed by atoms with van der Waals surface area (Å²) in [6, 6.07) is 14.7. The second-order valence-electron chi connectivity index (χ2n) is 12.3. The van der Waals surface area contributed by atoms with Crippen LogP contribution in [0, 0.1) is 5.92 Å². The third-order valence-electron chi connectivity index (χ3n) is 9.53. The van der Waals surface area contributed by atoms with Crippen LogP contribution in [0.1, 0.15) is 56.4 Å². The van der Waals surface area contributed by atoms with Crippen LogP contribution in [-0.2, 0) is 14.8 Å². The predicted octanol–water partition coefficient (Wildman–Crippen LogP) is 5.52. The fraction of sp³-hybridized carbons (Fsp3) is 0.438. The standard InChI is InChI=1S/C32H36N6O3S2/c1-37-18-19-38(21-32(37)14-15-32)43(40,41)25-8-6-23(7-9-25)26(20-22-4-2-3-5-22)29(39)36-31-35-28-11-10-27(34-30(28)42-31)24-12-16-33-17-13-24/h6-13,16-17,22,26H,2-5,14-15,18-21H2,1H3,(H,35,36,39). The van der Waals surface area contributed by atoms with Crippen molar-refractivity contribution in [3.8, 4) is 11.3 Å². The first-order chi connectivity index (χ1) is 20.8. The highest BCUT2D eigenvalue weighted by Crippen LogP contribution is 2.44. The van der Waals surface area contributed by atoms with Crippen molar-refractivity contribution < 1.29 is 13.2 Å². The lowest BCUT2D eigenvalue weighted by atomic mass is 9.87. The van der Waals surface area contributed by atoms with Gasteiger partial charge in [-0.15, -0.1) is 0 Å². The van der Waals surface area contributed by atoms with Crippen LogP contribution in [-0.4, -0.2) is 70.7 Å². The van der Waals surface area contributed by atoms with Gasteiger partial charge in [-0.1, -0.05) is 49.2 Å². The Labute approximate surface area is 256 Å². The Morgan fingerprint density at radius 3 is 2.49 bits per heavy atom. The number of aromatic nitrogens is 3. The maximum atomic E-state index is 13.8. The van der Waals surface area contributed by atoms with Gasteiger partial charge in [0.25, 0.3) is 0 Å². The van der Waals surface area contributed by atoms with Crippen LogP contribution in [0.3, 0.4) is 0 Å². The first kappa shape index (κ1) is 28.5. The summed E-state index contributed by atoms with van der Waals surface area (Å²) < 4.78 is 28.8. The van der Waals surface area contributed by atoms with E-state index in [9.17, 15) is 13.2 Å². The van der Waals surface area contributed by atoms with E-state index in [0.29, 0.717) is 29.0 Å². The monoisotopic (exact) mass is 616 g/mol. The smallest absolute Gasteiger partial charge is 0.243 e. The number of thiazole rings is 1. The fourth-order valence-electron chi connectivity index (χ4n) is 6.66. The zero-order chi connectivity index (χ0) is 29.6. The van der Waals surface area contributed by atoms with Gasteiger partial charge in [0, 0.05) is 43.1 Å². The summed E-state index contributed by atoms with van der Waals surface area (Å²) in [6.07, 6.45) is 10.9. The van der Waals surface area contributed by atoms with Crippen LogP contribution in [0.15, 0.2) is 65.8 Å². The molecular weight excluding hydrogens is 581 g/mol. The summed E-state index contributed by atoms with van der Waals surface area (Å²) in [5.74, 6) is -0.0459. The number of anilines is 1. The van der Waals surface area contributed by atoms with Crippen molar-refractivity contribution in [1.82, 2.24) is 24.2 Å². The number of nitrogens with zero attached hydrogens (tertiary/aromatic N) is 5. The number of hydrogen-bond donors (Lipinski definition) is 1. The second kappa shape index (κ2) is 11.4. The van der Waals surface area contributed by atoms with Crippen molar-refractivity contribution in [2.24, 2.45) is 5.92 Å². The molecule has 4 heterocycles. The summed E-state index contributed by atoms with van der Waals surface area (Å²) in [5.41, 5.74) is 3.37. The molecule has 2 aliphatic carbocycles. The minimum Gasteiger partial charge on any atom is -0.301 e. The number of carbonyl (C=O) groups is 1. The Balaban J connectivity index is 1.11. The number of amides is 1. The number of pyridine rings is 2. The van der Waals surface area contributed by atoms with Crippen molar-refractivity contribution in [3.63, 3.8) is 0 Å². The molecule has 9 nitrogen and oxygen atoms in total. The molecule has 1 amide bonds. The topological polar surface area (TPSA) is 108 Å². The van der Waals surface area contributed by atoms with Crippen LogP contribution < -0.4 is 5.32 Å². The number of benzene rings is 1.